The number of hydrazine groups is 1. The van der Waals surface area contributed by atoms with Gasteiger partial charge < -0.3 is 10.4 Å². The molecule has 5 N–H and O–H groups in total. The third-order valence-corrected chi connectivity index (χ3v) is 2.33. The van der Waals surface area contributed by atoms with Crippen molar-refractivity contribution in [2.24, 2.45) is 5.84 Å². The highest BCUT2D eigenvalue weighted by molar-refractivity contribution is 6.32. The molecule has 0 aliphatic carbocycles. The van der Waals surface area contributed by atoms with Crippen molar-refractivity contribution in [3.8, 4) is 0 Å². The molecular formula is C9H16ClN5O. The van der Waals surface area contributed by atoms with Crippen LogP contribution in [-0.2, 0) is 0 Å². The second-order valence-electron chi connectivity index (χ2n) is 3.45. The zero-order valence-corrected chi connectivity index (χ0v) is 9.83. The van der Waals surface area contributed by atoms with Gasteiger partial charge in [0.25, 0.3) is 0 Å². The van der Waals surface area contributed by atoms with Crippen molar-refractivity contribution >= 4 is 23.4 Å². The highest BCUT2D eigenvalue weighted by Crippen LogP contribution is 2.20. The molecule has 0 amide bonds. The molecule has 0 bridgehead atoms. The molecule has 0 saturated heterocycles. The van der Waals surface area contributed by atoms with Crippen molar-refractivity contribution in [2.45, 2.75) is 25.8 Å². The Hall–Kier alpha value is -1.11. The predicted molar refractivity (Wildman–Crippen MR) is 64.3 cm³/mol. The van der Waals surface area contributed by atoms with Gasteiger partial charge in [0.1, 0.15) is 5.02 Å². The van der Waals surface area contributed by atoms with Crippen LogP contribution < -0.4 is 16.6 Å². The summed E-state index contributed by atoms with van der Waals surface area (Å²) >= 11 is 5.93. The molecule has 16 heavy (non-hydrogen) atoms. The Kier molecular flexibility index (Phi) is 5.24. The third kappa shape index (κ3) is 3.80. The summed E-state index contributed by atoms with van der Waals surface area (Å²) in [6.07, 6.45) is 3.05. The van der Waals surface area contributed by atoms with Gasteiger partial charge in [-0.15, -0.1) is 0 Å². The number of nitrogens with zero attached hydrogens (tertiary/aromatic N) is 2. The summed E-state index contributed by atoms with van der Waals surface area (Å²) in [4.78, 5) is 7.95. The molecule has 0 spiro atoms. The lowest BCUT2D eigenvalue weighted by Gasteiger charge is -2.15. The highest BCUT2D eigenvalue weighted by atomic mass is 35.5. The van der Waals surface area contributed by atoms with Gasteiger partial charge in [0.2, 0.25) is 5.95 Å². The van der Waals surface area contributed by atoms with E-state index in [-0.39, 0.29) is 12.6 Å². The van der Waals surface area contributed by atoms with Gasteiger partial charge in [0.15, 0.2) is 5.82 Å². The lowest BCUT2D eigenvalue weighted by Crippen LogP contribution is -2.18. The summed E-state index contributed by atoms with van der Waals surface area (Å²) in [5.41, 5.74) is 2.35. The van der Waals surface area contributed by atoms with Crippen molar-refractivity contribution in [1.29, 1.82) is 0 Å². The molecule has 1 heterocycles. The first-order valence-corrected chi connectivity index (χ1v) is 5.41. The van der Waals surface area contributed by atoms with Crippen LogP contribution in [0, 0.1) is 0 Å². The Morgan fingerprint density at radius 1 is 1.62 bits per heavy atom. The average molecular weight is 246 g/mol. The van der Waals surface area contributed by atoms with E-state index in [2.05, 4.69) is 20.7 Å². The maximum absolute atomic E-state index is 8.71. The molecule has 0 saturated carbocycles. The summed E-state index contributed by atoms with van der Waals surface area (Å²) in [6.45, 7) is 2.17. The summed E-state index contributed by atoms with van der Waals surface area (Å²) in [6, 6.07) is 0.171. The minimum atomic E-state index is 0.171. The number of aliphatic hydroxyl groups excluding tert-OH is 1. The number of nitrogens with one attached hydrogen (secondary N) is 2. The number of halogens is 1. The molecule has 0 aromatic carbocycles. The molecule has 1 atom stereocenters. The lowest BCUT2D eigenvalue weighted by molar-refractivity contribution is 0.282. The maximum atomic E-state index is 8.71. The van der Waals surface area contributed by atoms with Crippen molar-refractivity contribution in [3.63, 3.8) is 0 Å². The van der Waals surface area contributed by atoms with Crippen LogP contribution in [0.3, 0.4) is 0 Å². The maximum Gasteiger partial charge on any atom is 0.239 e. The van der Waals surface area contributed by atoms with Gasteiger partial charge >= 0.3 is 0 Å². The van der Waals surface area contributed by atoms with Crippen LogP contribution in [0.2, 0.25) is 5.02 Å². The fourth-order valence-electron chi connectivity index (χ4n) is 1.24. The molecule has 0 radical (unpaired) electrons. The van der Waals surface area contributed by atoms with Crippen molar-refractivity contribution in [3.05, 3.63) is 11.2 Å². The van der Waals surface area contributed by atoms with Gasteiger partial charge in [-0.25, -0.2) is 10.8 Å². The number of nitrogens with two attached hydrogens (primary N) is 1. The van der Waals surface area contributed by atoms with E-state index in [0.717, 1.165) is 12.8 Å². The van der Waals surface area contributed by atoms with Crippen LogP contribution in [0.1, 0.15) is 19.8 Å². The van der Waals surface area contributed by atoms with E-state index in [1.54, 1.807) is 0 Å². The van der Waals surface area contributed by atoms with E-state index in [9.17, 15) is 0 Å². The van der Waals surface area contributed by atoms with E-state index in [0.29, 0.717) is 16.8 Å². The van der Waals surface area contributed by atoms with Crippen LogP contribution >= 0.6 is 11.6 Å². The molecule has 1 aromatic rings. The molecule has 90 valence electrons. The predicted octanol–water partition coefficient (Wildman–Crippen LogP) is 0.988. The number of hydrogen-bond acceptors (Lipinski definition) is 6. The first kappa shape index (κ1) is 13.0. The summed E-state index contributed by atoms with van der Waals surface area (Å²) in [7, 11) is 0. The Morgan fingerprint density at radius 3 is 3.00 bits per heavy atom. The van der Waals surface area contributed by atoms with Gasteiger partial charge in [0.05, 0.1) is 6.20 Å². The average Bonchev–Trinajstić information content (AvgIpc) is 2.29. The Labute approximate surface area is 99.2 Å². The Morgan fingerprint density at radius 2 is 2.38 bits per heavy atom. The number of nitrogen functional groups attached to an aromatic ring is 1. The number of aromatic nitrogens is 2. The molecule has 1 rings (SSSR count). The lowest BCUT2D eigenvalue weighted by atomic mass is 10.2. The number of rotatable bonds is 6. The van der Waals surface area contributed by atoms with Crippen LogP contribution in [0.15, 0.2) is 6.20 Å². The summed E-state index contributed by atoms with van der Waals surface area (Å²) < 4.78 is 0. The molecule has 0 aliphatic heterocycles. The molecule has 6 nitrogen and oxygen atoms in total. The van der Waals surface area contributed by atoms with Crippen molar-refractivity contribution in [1.82, 2.24) is 9.97 Å². The smallest absolute Gasteiger partial charge is 0.239 e. The quantitative estimate of drug-likeness (QED) is 0.441. The molecule has 1 unspecified atom stereocenters. The highest BCUT2D eigenvalue weighted by Gasteiger charge is 2.08. The first-order valence-electron chi connectivity index (χ1n) is 5.04. The molecule has 0 aliphatic rings. The standard InChI is InChI=1S/C9H16ClN5O/c1-6(3-2-4-16)13-8-7(10)5-12-9(14-8)15-11/h5-6,16H,2-4,11H2,1H3,(H2,12,13,14,15). The largest absolute Gasteiger partial charge is 0.396 e. The monoisotopic (exact) mass is 245 g/mol. The number of hydrogen-bond donors (Lipinski definition) is 4. The van der Waals surface area contributed by atoms with Crippen molar-refractivity contribution < 1.29 is 5.11 Å². The van der Waals surface area contributed by atoms with Crippen LogP contribution in [0.5, 0.6) is 0 Å². The molecule has 1 aromatic heterocycles. The number of aliphatic hydroxyl groups is 1. The molecule has 7 heteroatoms. The number of anilines is 2. The molecular weight excluding hydrogens is 230 g/mol. The second-order valence-corrected chi connectivity index (χ2v) is 3.85. The van der Waals surface area contributed by atoms with E-state index in [1.165, 1.54) is 6.20 Å². The van der Waals surface area contributed by atoms with Gasteiger partial charge in [-0.05, 0) is 19.8 Å². The fourth-order valence-corrected chi connectivity index (χ4v) is 1.39. The summed E-state index contributed by atoms with van der Waals surface area (Å²) in [5, 5.41) is 12.3. The zero-order valence-electron chi connectivity index (χ0n) is 9.07. The minimum Gasteiger partial charge on any atom is -0.396 e. The molecule has 0 fully saturated rings. The van der Waals surface area contributed by atoms with Gasteiger partial charge in [-0.1, -0.05) is 11.6 Å². The van der Waals surface area contributed by atoms with E-state index >= 15 is 0 Å². The van der Waals surface area contributed by atoms with Crippen molar-refractivity contribution in [2.75, 3.05) is 17.3 Å². The normalized spacial score (nSPS) is 12.2. The minimum absolute atomic E-state index is 0.171. The summed E-state index contributed by atoms with van der Waals surface area (Å²) in [5.74, 6) is 6.04. The van der Waals surface area contributed by atoms with Crippen LogP contribution in [0.25, 0.3) is 0 Å². The van der Waals surface area contributed by atoms with E-state index in [4.69, 9.17) is 22.6 Å². The topological polar surface area (TPSA) is 96.1 Å². The van der Waals surface area contributed by atoms with E-state index in [1.807, 2.05) is 6.92 Å². The van der Waals surface area contributed by atoms with Crippen LogP contribution in [0.4, 0.5) is 11.8 Å². The Bertz CT molecular complexity index is 336. The first-order chi connectivity index (χ1) is 7.67. The van der Waals surface area contributed by atoms with Gasteiger partial charge in [-0.2, -0.15) is 4.98 Å². The second kappa shape index (κ2) is 6.47. The third-order valence-electron chi connectivity index (χ3n) is 2.05. The van der Waals surface area contributed by atoms with Gasteiger partial charge in [-0.3, -0.25) is 5.43 Å². The fraction of sp³-hybridized carbons (Fsp3) is 0.556. The zero-order chi connectivity index (χ0) is 12.0. The van der Waals surface area contributed by atoms with Gasteiger partial charge in [0, 0.05) is 12.6 Å². The van der Waals surface area contributed by atoms with E-state index < -0.39 is 0 Å². The van der Waals surface area contributed by atoms with Crippen LogP contribution in [-0.4, -0.2) is 27.7 Å². The Balaban J connectivity index is 2.64. The SMILES string of the molecule is CC(CCCO)Nc1nc(NN)ncc1Cl.